The quantitative estimate of drug-likeness (QED) is 0.662. The molecular formula is C20H30N4O2+2. The number of piperidine rings is 1. The summed E-state index contributed by atoms with van der Waals surface area (Å²) in [4.78, 5) is 32.1. The number of carbonyl (C=O) groups is 2. The van der Waals surface area contributed by atoms with Crippen LogP contribution in [0.5, 0.6) is 0 Å². The first-order valence-corrected chi connectivity index (χ1v) is 10.0. The molecule has 1 aromatic rings. The van der Waals surface area contributed by atoms with Gasteiger partial charge in [-0.05, 0) is 43.5 Å². The van der Waals surface area contributed by atoms with Gasteiger partial charge in [0.05, 0.1) is 19.2 Å². The Morgan fingerprint density at radius 3 is 2.15 bits per heavy atom. The highest BCUT2D eigenvalue weighted by Crippen LogP contribution is 2.26. The number of likely N-dealkylation sites (N-methyl/N-ethyl adjacent to an activating group) is 1. The SMILES string of the molecule is C[NH+]1CC[NH+]([C@@H]2CC(=O)N(c3ccc(N4CCCCC4)cc3)C2=O)CC1. The third-order valence-electron chi connectivity index (χ3n) is 6.21. The summed E-state index contributed by atoms with van der Waals surface area (Å²) in [5, 5.41) is 0. The molecule has 4 rings (SSSR count). The van der Waals surface area contributed by atoms with Gasteiger partial charge in [-0.1, -0.05) is 0 Å². The summed E-state index contributed by atoms with van der Waals surface area (Å²) in [5.74, 6) is -0.0697. The summed E-state index contributed by atoms with van der Waals surface area (Å²) in [7, 11) is 2.19. The summed E-state index contributed by atoms with van der Waals surface area (Å²) in [6.07, 6.45) is 4.13. The van der Waals surface area contributed by atoms with E-state index in [0.717, 1.165) is 45.0 Å². The minimum Gasteiger partial charge on any atom is -0.372 e. The highest BCUT2D eigenvalue weighted by atomic mass is 16.2. The van der Waals surface area contributed by atoms with Gasteiger partial charge < -0.3 is 14.7 Å². The van der Waals surface area contributed by atoms with Crippen molar-refractivity contribution in [1.82, 2.24) is 0 Å². The Morgan fingerprint density at radius 2 is 1.50 bits per heavy atom. The van der Waals surface area contributed by atoms with Gasteiger partial charge in [-0.15, -0.1) is 0 Å². The third kappa shape index (κ3) is 3.35. The van der Waals surface area contributed by atoms with Crippen LogP contribution in [0.25, 0.3) is 0 Å². The van der Waals surface area contributed by atoms with E-state index >= 15 is 0 Å². The molecule has 1 atom stereocenters. The monoisotopic (exact) mass is 358 g/mol. The van der Waals surface area contributed by atoms with Crippen molar-refractivity contribution < 1.29 is 19.4 Å². The number of hydrogen-bond donors (Lipinski definition) is 2. The molecule has 3 heterocycles. The fourth-order valence-electron chi connectivity index (χ4n) is 4.53. The van der Waals surface area contributed by atoms with Crippen molar-refractivity contribution >= 4 is 23.2 Å². The Bertz CT molecular complexity index is 661. The molecule has 0 radical (unpaired) electrons. The van der Waals surface area contributed by atoms with Crippen LogP contribution in [0.2, 0.25) is 0 Å². The second kappa shape index (κ2) is 7.37. The summed E-state index contributed by atoms with van der Waals surface area (Å²) in [6, 6.07) is 7.79. The Balaban J connectivity index is 1.46. The lowest BCUT2D eigenvalue weighted by molar-refractivity contribution is -1.01. The van der Waals surface area contributed by atoms with Gasteiger partial charge in [0.1, 0.15) is 26.2 Å². The number of quaternary nitrogens is 2. The lowest BCUT2D eigenvalue weighted by atomic mass is 10.1. The predicted octanol–water partition coefficient (Wildman–Crippen LogP) is -1.28. The van der Waals surface area contributed by atoms with Gasteiger partial charge in [0.25, 0.3) is 5.91 Å². The maximum Gasteiger partial charge on any atom is 0.292 e. The van der Waals surface area contributed by atoms with Crippen molar-refractivity contribution in [3.05, 3.63) is 24.3 Å². The fraction of sp³-hybridized carbons (Fsp3) is 0.600. The second-order valence-corrected chi connectivity index (χ2v) is 8.00. The number of piperazine rings is 1. The van der Waals surface area contributed by atoms with Crippen LogP contribution in [0.4, 0.5) is 11.4 Å². The number of hydrogen-bond acceptors (Lipinski definition) is 3. The normalized spacial score (nSPS) is 30.1. The van der Waals surface area contributed by atoms with Crippen molar-refractivity contribution in [2.24, 2.45) is 0 Å². The number of nitrogens with one attached hydrogen (secondary N) is 2. The zero-order chi connectivity index (χ0) is 18.1. The number of nitrogens with zero attached hydrogens (tertiary/aromatic N) is 2. The minimum absolute atomic E-state index is 0.0183. The van der Waals surface area contributed by atoms with E-state index in [1.807, 2.05) is 12.1 Å². The highest BCUT2D eigenvalue weighted by molar-refractivity contribution is 6.21. The second-order valence-electron chi connectivity index (χ2n) is 8.00. The van der Waals surface area contributed by atoms with Gasteiger partial charge in [0.2, 0.25) is 5.91 Å². The largest absolute Gasteiger partial charge is 0.372 e. The predicted molar refractivity (Wildman–Crippen MR) is 101 cm³/mol. The van der Waals surface area contributed by atoms with E-state index < -0.39 is 0 Å². The smallest absolute Gasteiger partial charge is 0.292 e. The summed E-state index contributed by atoms with van der Waals surface area (Å²) in [5.41, 5.74) is 1.92. The third-order valence-corrected chi connectivity index (χ3v) is 6.21. The lowest BCUT2D eigenvalue weighted by Crippen LogP contribution is -3.29. The molecule has 0 unspecified atom stereocenters. The van der Waals surface area contributed by atoms with Gasteiger partial charge in [-0.3, -0.25) is 9.59 Å². The van der Waals surface area contributed by atoms with Crippen LogP contribution in [-0.2, 0) is 9.59 Å². The van der Waals surface area contributed by atoms with Crippen molar-refractivity contribution in [2.45, 2.75) is 31.7 Å². The molecule has 3 aliphatic heterocycles. The highest BCUT2D eigenvalue weighted by Gasteiger charge is 2.46. The van der Waals surface area contributed by atoms with Crippen LogP contribution in [0.15, 0.2) is 24.3 Å². The van der Waals surface area contributed by atoms with Gasteiger partial charge in [0, 0.05) is 18.8 Å². The Hall–Kier alpha value is -1.92. The zero-order valence-electron chi connectivity index (χ0n) is 15.7. The number of benzene rings is 1. The first-order valence-electron chi connectivity index (χ1n) is 10.0. The average Bonchev–Trinajstić information content (AvgIpc) is 2.97. The van der Waals surface area contributed by atoms with Gasteiger partial charge in [-0.25, -0.2) is 4.90 Å². The van der Waals surface area contributed by atoms with Crippen molar-refractivity contribution in [3.8, 4) is 0 Å². The van der Waals surface area contributed by atoms with Crippen LogP contribution < -0.4 is 19.6 Å². The van der Waals surface area contributed by atoms with Crippen LogP contribution in [-0.4, -0.2) is 64.2 Å². The number of anilines is 2. The van der Waals surface area contributed by atoms with E-state index in [0.29, 0.717) is 6.42 Å². The molecule has 6 nitrogen and oxygen atoms in total. The van der Waals surface area contributed by atoms with Crippen molar-refractivity contribution in [2.75, 3.05) is 56.1 Å². The van der Waals surface area contributed by atoms with Crippen molar-refractivity contribution in [1.29, 1.82) is 0 Å². The summed E-state index contributed by atoms with van der Waals surface area (Å²) < 4.78 is 0. The Kier molecular flexibility index (Phi) is 4.96. The van der Waals surface area contributed by atoms with E-state index in [1.165, 1.54) is 39.6 Å². The maximum atomic E-state index is 13.0. The standard InChI is InChI=1S/C20H28N4O2/c1-21-11-13-23(14-12-21)18-15-19(25)24(20(18)26)17-7-5-16(6-8-17)22-9-3-2-4-10-22/h5-8,18H,2-4,9-15H2,1H3/p+2/t18-/m1/s1. The molecule has 26 heavy (non-hydrogen) atoms. The summed E-state index contributed by atoms with van der Waals surface area (Å²) >= 11 is 0. The molecular weight excluding hydrogens is 328 g/mol. The molecule has 0 bridgehead atoms. The van der Waals surface area contributed by atoms with E-state index in [-0.39, 0.29) is 17.9 Å². The lowest BCUT2D eigenvalue weighted by Gasteiger charge is -2.30. The molecule has 1 aromatic carbocycles. The van der Waals surface area contributed by atoms with Gasteiger partial charge in [-0.2, -0.15) is 0 Å². The van der Waals surface area contributed by atoms with Crippen LogP contribution >= 0.6 is 0 Å². The molecule has 0 aromatic heterocycles. The fourth-order valence-corrected chi connectivity index (χ4v) is 4.53. The molecule has 6 heteroatoms. The van der Waals surface area contributed by atoms with E-state index in [2.05, 4.69) is 24.1 Å². The topological polar surface area (TPSA) is 49.5 Å². The van der Waals surface area contributed by atoms with Crippen LogP contribution in [0.3, 0.4) is 0 Å². The Morgan fingerprint density at radius 1 is 0.885 bits per heavy atom. The Labute approximate surface area is 155 Å². The van der Waals surface area contributed by atoms with E-state index in [9.17, 15) is 9.59 Å². The molecule has 0 aliphatic carbocycles. The first-order chi connectivity index (χ1) is 12.6. The molecule has 140 valence electrons. The number of amides is 2. The molecule has 3 aliphatic rings. The van der Waals surface area contributed by atoms with Crippen LogP contribution in [0, 0.1) is 0 Å². The molecule has 3 saturated heterocycles. The molecule has 3 fully saturated rings. The average molecular weight is 358 g/mol. The molecule has 2 N–H and O–H groups in total. The first kappa shape index (κ1) is 17.5. The van der Waals surface area contributed by atoms with Crippen LogP contribution in [0.1, 0.15) is 25.7 Å². The number of rotatable bonds is 3. The van der Waals surface area contributed by atoms with Gasteiger partial charge >= 0.3 is 0 Å². The summed E-state index contributed by atoms with van der Waals surface area (Å²) in [6.45, 7) is 6.26. The van der Waals surface area contributed by atoms with Gasteiger partial charge in [0.15, 0.2) is 6.04 Å². The molecule has 2 amide bonds. The molecule has 0 saturated carbocycles. The zero-order valence-corrected chi connectivity index (χ0v) is 15.7. The van der Waals surface area contributed by atoms with Crippen molar-refractivity contribution in [3.63, 3.8) is 0 Å². The van der Waals surface area contributed by atoms with E-state index in [1.54, 1.807) is 0 Å². The van der Waals surface area contributed by atoms with E-state index in [4.69, 9.17) is 0 Å². The maximum absolute atomic E-state index is 13.0. The molecule has 0 spiro atoms. The number of imide groups is 1. The minimum atomic E-state index is -0.197. The number of carbonyl (C=O) groups excluding carboxylic acids is 2.